The van der Waals surface area contributed by atoms with Gasteiger partial charge in [0.1, 0.15) is 24.5 Å². The number of benzene rings is 2. The van der Waals surface area contributed by atoms with Gasteiger partial charge in [-0.25, -0.2) is 9.18 Å². The standard InChI is InChI=1S/C30H28FN7O6/c1-30(2,18-9-5-4-6-10-18)35-28(41)23-17-22-24(44-23)25(36-38(22)29(42)43-16-14-31)34-26(39)19-11-7-8-12-20(19)33-27(40)21-13-15-32-37(21)3/h4-13,15,17H,14,16H2,1-3H3,(H,33,40)(H,35,41)(H,34,36,39). The van der Waals surface area contributed by atoms with Crippen molar-refractivity contribution in [2.24, 2.45) is 7.05 Å². The molecule has 0 fully saturated rings. The van der Waals surface area contributed by atoms with E-state index in [1.54, 1.807) is 19.2 Å². The molecule has 3 aromatic heterocycles. The third-order valence-electron chi connectivity index (χ3n) is 6.68. The van der Waals surface area contributed by atoms with Crippen LogP contribution >= 0.6 is 0 Å². The van der Waals surface area contributed by atoms with Crippen molar-refractivity contribution in [3.8, 4) is 0 Å². The van der Waals surface area contributed by atoms with Crippen LogP contribution in [0.2, 0.25) is 0 Å². The zero-order chi connectivity index (χ0) is 31.4. The van der Waals surface area contributed by atoms with Crippen LogP contribution in [-0.4, -0.2) is 56.7 Å². The summed E-state index contributed by atoms with van der Waals surface area (Å²) in [5, 5.41) is 16.2. The molecule has 13 nitrogen and oxygen atoms in total. The summed E-state index contributed by atoms with van der Waals surface area (Å²) < 4.78 is 25.6. The lowest BCUT2D eigenvalue weighted by Crippen LogP contribution is -2.40. The molecular formula is C30H28FN7O6. The fourth-order valence-corrected chi connectivity index (χ4v) is 4.45. The molecule has 0 bridgehead atoms. The van der Waals surface area contributed by atoms with Crippen molar-refractivity contribution < 1.29 is 32.7 Å². The SMILES string of the molecule is Cn1nccc1C(=O)Nc1ccccc1C(=O)Nc1nn(C(=O)OCCF)c2cc(C(=O)NC(C)(C)c3ccccc3)oc12. The lowest BCUT2D eigenvalue weighted by Gasteiger charge is -2.26. The number of anilines is 2. The third kappa shape index (κ3) is 6.04. The second kappa shape index (κ2) is 12.2. The predicted molar refractivity (Wildman–Crippen MR) is 157 cm³/mol. The van der Waals surface area contributed by atoms with E-state index in [4.69, 9.17) is 9.15 Å². The number of ether oxygens (including phenoxy) is 1. The van der Waals surface area contributed by atoms with Crippen LogP contribution in [0.5, 0.6) is 0 Å². The van der Waals surface area contributed by atoms with E-state index in [2.05, 4.69) is 26.1 Å². The Morgan fingerprint density at radius 3 is 2.39 bits per heavy atom. The minimum Gasteiger partial charge on any atom is -0.445 e. The number of para-hydroxylation sites is 1. The molecule has 0 aliphatic carbocycles. The second-order valence-electron chi connectivity index (χ2n) is 10.1. The van der Waals surface area contributed by atoms with E-state index < -0.39 is 42.6 Å². The number of carbonyl (C=O) groups excluding carboxylic acids is 4. The number of furan rings is 1. The van der Waals surface area contributed by atoms with Crippen molar-refractivity contribution in [3.63, 3.8) is 0 Å². The maximum atomic E-state index is 13.4. The van der Waals surface area contributed by atoms with Gasteiger partial charge in [0, 0.05) is 19.3 Å². The maximum Gasteiger partial charge on any atom is 0.435 e. The van der Waals surface area contributed by atoms with Crippen LogP contribution in [0.25, 0.3) is 11.1 Å². The molecule has 0 saturated heterocycles. The van der Waals surface area contributed by atoms with Crippen LogP contribution in [-0.2, 0) is 17.3 Å². The Kier molecular flexibility index (Phi) is 8.24. The average Bonchev–Trinajstić information content (AvgIpc) is 3.72. The van der Waals surface area contributed by atoms with Gasteiger partial charge < -0.3 is 25.1 Å². The number of amides is 3. The number of nitrogens with one attached hydrogen (secondary N) is 3. The number of hydrogen-bond acceptors (Lipinski definition) is 8. The van der Waals surface area contributed by atoms with Crippen LogP contribution < -0.4 is 16.0 Å². The van der Waals surface area contributed by atoms with E-state index in [1.165, 1.54) is 35.1 Å². The van der Waals surface area contributed by atoms with Crippen LogP contribution in [0.3, 0.4) is 0 Å². The molecule has 0 unspecified atom stereocenters. The normalized spacial score (nSPS) is 11.3. The number of alkyl halides is 1. The van der Waals surface area contributed by atoms with Crippen molar-refractivity contribution in [1.82, 2.24) is 24.9 Å². The van der Waals surface area contributed by atoms with Gasteiger partial charge in [-0.1, -0.05) is 42.5 Å². The van der Waals surface area contributed by atoms with Crippen LogP contribution in [0.4, 0.5) is 20.7 Å². The highest BCUT2D eigenvalue weighted by Crippen LogP contribution is 2.29. The quantitative estimate of drug-likeness (QED) is 0.223. The molecule has 0 aliphatic rings. The first-order valence-electron chi connectivity index (χ1n) is 13.4. The molecule has 0 saturated carbocycles. The Balaban J connectivity index is 1.45. The van der Waals surface area contributed by atoms with E-state index in [9.17, 15) is 23.6 Å². The van der Waals surface area contributed by atoms with Crippen molar-refractivity contribution in [1.29, 1.82) is 0 Å². The number of carbonyl (C=O) groups is 4. The molecule has 44 heavy (non-hydrogen) atoms. The molecule has 14 heteroatoms. The van der Waals surface area contributed by atoms with Gasteiger partial charge in [0.25, 0.3) is 17.7 Å². The first-order chi connectivity index (χ1) is 21.1. The van der Waals surface area contributed by atoms with Gasteiger partial charge in [0.2, 0.25) is 0 Å². The fourth-order valence-electron chi connectivity index (χ4n) is 4.45. The number of nitrogens with zero attached hydrogens (tertiary/aromatic N) is 4. The van der Waals surface area contributed by atoms with E-state index in [-0.39, 0.29) is 39.6 Å². The number of hydrogen-bond donors (Lipinski definition) is 3. The second-order valence-corrected chi connectivity index (χ2v) is 10.1. The summed E-state index contributed by atoms with van der Waals surface area (Å²) in [5.41, 5.74) is 0.483. The van der Waals surface area contributed by atoms with Gasteiger partial charge in [0.05, 0.1) is 16.8 Å². The summed E-state index contributed by atoms with van der Waals surface area (Å²) in [7, 11) is 1.61. The largest absolute Gasteiger partial charge is 0.445 e. The van der Waals surface area contributed by atoms with Gasteiger partial charge in [-0.3, -0.25) is 19.1 Å². The summed E-state index contributed by atoms with van der Waals surface area (Å²) in [4.78, 5) is 52.1. The number of halogens is 1. The zero-order valence-electron chi connectivity index (χ0n) is 24.0. The molecule has 5 aromatic rings. The summed E-state index contributed by atoms with van der Waals surface area (Å²) in [6.45, 7) is 2.18. The minimum absolute atomic E-state index is 0.00428. The van der Waals surface area contributed by atoms with E-state index >= 15 is 0 Å². The van der Waals surface area contributed by atoms with Crippen molar-refractivity contribution >= 4 is 46.4 Å². The fraction of sp³-hybridized carbons (Fsp3) is 0.200. The van der Waals surface area contributed by atoms with E-state index in [0.29, 0.717) is 0 Å². The lowest BCUT2D eigenvalue weighted by atomic mass is 9.94. The molecule has 3 heterocycles. The molecule has 2 aromatic carbocycles. The first kappa shape index (κ1) is 29.7. The van der Waals surface area contributed by atoms with E-state index in [1.807, 2.05) is 44.2 Å². The van der Waals surface area contributed by atoms with E-state index in [0.717, 1.165) is 10.2 Å². The molecule has 3 N–H and O–H groups in total. The summed E-state index contributed by atoms with van der Waals surface area (Å²) in [6.07, 6.45) is 0.420. The lowest BCUT2D eigenvalue weighted by molar-refractivity contribution is 0.0884. The first-order valence-corrected chi connectivity index (χ1v) is 13.4. The minimum atomic E-state index is -1.05. The number of aryl methyl sites for hydroxylation is 1. The van der Waals surface area contributed by atoms with Crippen LogP contribution in [0, 0.1) is 0 Å². The Bertz CT molecular complexity index is 1860. The average molecular weight is 602 g/mol. The maximum absolute atomic E-state index is 13.4. The van der Waals surface area contributed by atoms with Crippen LogP contribution in [0.1, 0.15) is 50.8 Å². The zero-order valence-corrected chi connectivity index (χ0v) is 24.0. The van der Waals surface area contributed by atoms with Crippen molar-refractivity contribution in [2.45, 2.75) is 19.4 Å². The molecular weight excluding hydrogens is 573 g/mol. The Hall–Kier alpha value is -5.79. The molecule has 0 atom stereocenters. The predicted octanol–water partition coefficient (Wildman–Crippen LogP) is 4.49. The van der Waals surface area contributed by atoms with Gasteiger partial charge in [0.15, 0.2) is 17.2 Å². The number of rotatable bonds is 9. The summed E-state index contributed by atoms with van der Waals surface area (Å²) >= 11 is 0. The summed E-state index contributed by atoms with van der Waals surface area (Å²) in [5.74, 6) is -2.18. The molecule has 226 valence electrons. The highest BCUT2D eigenvalue weighted by molar-refractivity contribution is 6.14. The Labute approximate surface area is 250 Å². The molecule has 0 spiro atoms. The van der Waals surface area contributed by atoms with Crippen molar-refractivity contribution in [3.05, 3.63) is 95.5 Å². The molecule has 5 rings (SSSR count). The molecule has 3 amide bonds. The highest BCUT2D eigenvalue weighted by atomic mass is 19.1. The topological polar surface area (TPSA) is 162 Å². The number of aromatic nitrogens is 4. The monoisotopic (exact) mass is 601 g/mol. The number of fused-ring (bicyclic) bond motifs is 1. The molecule has 0 radical (unpaired) electrons. The smallest absolute Gasteiger partial charge is 0.435 e. The Morgan fingerprint density at radius 2 is 1.68 bits per heavy atom. The van der Waals surface area contributed by atoms with Gasteiger partial charge in [-0.2, -0.15) is 9.78 Å². The van der Waals surface area contributed by atoms with Gasteiger partial charge in [-0.15, -0.1) is 5.10 Å². The van der Waals surface area contributed by atoms with Crippen LogP contribution in [0.15, 0.2) is 77.3 Å². The van der Waals surface area contributed by atoms with Gasteiger partial charge in [-0.05, 0) is 37.6 Å². The van der Waals surface area contributed by atoms with Gasteiger partial charge >= 0.3 is 6.09 Å². The van der Waals surface area contributed by atoms with Crippen molar-refractivity contribution in [2.75, 3.05) is 23.9 Å². The Morgan fingerprint density at radius 1 is 0.955 bits per heavy atom. The summed E-state index contributed by atoms with van der Waals surface area (Å²) in [6, 6.07) is 18.3. The molecule has 0 aliphatic heterocycles. The highest BCUT2D eigenvalue weighted by Gasteiger charge is 2.29. The third-order valence-corrected chi connectivity index (χ3v) is 6.68.